The first-order valence-electron chi connectivity index (χ1n) is 7.53. The zero-order valence-corrected chi connectivity index (χ0v) is 13.6. The fraction of sp³-hybridized carbons (Fsp3) is 0.278. The van der Waals surface area contributed by atoms with Crippen LogP contribution in [0.25, 0.3) is 0 Å². The summed E-state index contributed by atoms with van der Waals surface area (Å²) in [6.45, 7) is 0.564. The van der Waals surface area contributed by atoms with Gasteiger partial charge in [0.1, 0.15) is 5.82 Å². The molecule has 2 aromatic carbocycles. The van der Waals surface area contributed by atoms with E-state index in [0.29, 0.717) is 12.1 Å². The molecule has 1 atom stereocenters. The van der Waals surface area contributed by atoms with E-state index in [0.717, 1.165) is 12.2 Å². The van der Waals surface area contributed by atoms with Crippen LogP contribution < -0.4 is 5.32 Å². The summed E-state index contributed by atoms with van der Waals surface area (Å²) in [5.41, 5.74) is 0.416. The monoisotopic (exact) mass is 333 g/mol. The molecular formula is C18H20FNO2S. The minimum atomic E-state index is -0.982. The van der Waals surface area contributed by atoms with Gasteiger partial charge < -0.3 is 10.4 Å². The zero-order chi connectivity index (χ0) is 16.5. The fourth-order valence-electron chi connectivity index (χ4n) is 2.09. The third-order valence-corrected chi connectivity index (χ3v) is 4.37. The summed E-state index contributed by atoms with van der Waals surface area (Å²) in [5.74, 6) is 0.267. The van der Waals surface area contributed by atoms with E-state index < -0.39 is 11.9 Å². The van der Waals surface area contributed by atoms with Crippen LogP contribution in [0.4, 0.5) is 4.39 Å². The lowest BCUT2D eigenvalue weighted by Crippen LogP contribution is -2.26. The normalized spacial score (nSPS) is 11.9. The van der Waals surface area contributed by atoms with Crippen molar-refractivity contribution in [1.29, 1.82) is 0 Å². The van der Waals surface area contributed by atoms with Crippen molar-refractivity contribution in [2.45, 2.75) is 23.8 Å². The Morgan fingerprint density at radius 1 is 1.17 bits per heavy atom. The molecule has 3 nitrogen and oxygen atoms in total. The summed E-state index contributed by atoms with van der Waals surface area (Å²) in [6.07, 6.45) is -0.194. The number of carbonyl (C=O) groups excluding carboxylic acids is 1. The Hall–Kier alpha value is -1.85. The standard InChI is InChI=1S/C18H20FNO2S/c19-15-7-4-6-14(12-15)17(21)13-18(22)20-10-5-11-23-16-8-2-1-3-9-16/h1-4,6-9,12,17,21H,5,10-11,13H2,(H,20,22). The van der Waals surface area contributed by atoms with Crippen LogP contribution in [0, 0.1) is 5.82 Å². The topological polar surface area (TPSA) is 49.3 Å². The molecule has 0 fully saturated rings. The smallest absolute Gasteiger partial charge is 0.222 e. The third-order valence-electron chi connectivity index (χ3n) is 3.27. The van der Waals surface area contributed by atoms with Gasteiger partial charge >= 0.3 is 0 Å². The molecule has 0 heterocycles. The van der Waals surface area contributed by atoms with Gasteiger partial charge in [0.2, 0.25) is 5.91 Å². The quantitative estimate of drug-likeness (QED) is 0.574. The molecule has 2 aromatic rings. The highest BCUT2D eigenvalue weighted by molar-refractivity contribution is 7.99. The van der Waals surface area contributed by atoms with Crippen molar-refractivity contribution in [3.8, 4) is 0 Å². The van der Waals surface area contributed by atoms with E-state index in [4.69, 9.17) is 0 Å². The van der Waals surface area contributed by atoms with Crippen molar-refractivity contribution < 1.29 is 14.3 Å². The summed E-state index contributed by atoms with van der Waals surface area (Å²) < 4.78 is 13.1. The van der Waals surface area contributed by atoms with Crippen LogP contribution in [0.1, 0.15) is 24.5 Å². The number of aliphatic hydroxyl groups excluding tert-OH is 1. The molecule has 0 aliphatic carbocycles. The molecule has 0 saturated heterocycles. The number of hydrogen-bond acceptors (Lipinski definition) is 3. The van der Waals surface area contributed by atoms with Gasteiger partial charge in [-0.05, 0) is 42.0 Å². The molecule has 122 valence electrons. The van der Waals surface area contributed by atoms with E-state index in [2.05, 4.69) is 17.4 Å². The van der Waals surface area contributed by atoms with Gasteiger partial charge in [0.25, 0.3) is 0 Å². The first kappa shape index (κ1) is 17.5. The lowest BCUT2D eigenvalue weighted by atomic mass is 10.1. The lowest BCUT2D eigenvalue weighted by molar-refractivity contribution is -0.123. The fourth-order valence-corrected chi connectivity index (χ4v) is 2.96. The molecule has 0 radical (unpaired) electrons. The van der Waals surface area contributed by atoms with Gasteiger partial charge in [-0.1, -0.05) is 30.3 Å². The van der Waals surface area contributed by atoms with Crippen molar-refractivity contribution in [3.63, 3.8) is 0 Å². The lowest BCUT2D eigenvalue weighted by Gasteiger charge is -2.11. The predicted molar refractivity (Wildman–Crippen MR) is 90.8 cm³/mol. The highest BCUT2D eigenvalue weighted by Crippen LogP contribution is 2.18. The molecule has 0 aromatic heterocycles. The van der Waals surface area contributed by atoms with Crippen molar-refractivity contribution in [2.24, 2.45) is 0 Å². The van der Waals surface area contributed by atoms with Crippen LogP contribution >= 0.6 is 11.8 Å². The molecule has 2 rings (SSSR count). The van der Waals surface area contributed by atoms with Crippen LogP contribution in [-0.4, -0.2) is 23.3 Å². The number of benzene rings is 2. The maximum Gasteiger partial charge on any atom is 0.222 e. The average molecular weight is 333 g/mol. The number of thioether (sulfide) groups is 1. The first-order valence-corrected chi connectivity index (χ1v) is 8.52. The molecule has 1 amide bonds. The number of aliphatic hydroxyl groups is 1. The summed E-state index contributed by atoms with van der Waals surface area (Å²) in [7, 11) is 0. The van der Waals surface area contributed by atoms with E-state index in [1.54, 1.807) is 17.8 Å². The van der Waals surface area contributed by atoms with Crippen molar-refractivity contribution >= 4 is 17.7 Å². The van der Waals surface area contributed by atoms with Crippen LogP contribution in [0.3, 0.4) is 0 Å². The van der Waals surface area contributed by atoms with E-state index in [1.807, 2.05) is 18.2 Å². The number of carbonyl (C=O) groups is 1. The summed E-state index contributed by atoms with van der Waals surface area (Å²) in [4.78, 5) is 13.0. The van der Waals surface area contributed by atoms with Crippen LogP contribution in [0.15, 0.2) is 59.5 Å². The van der Waals surface area contributed by atoms with Gasteiger partial charge in [-0.15, -0.1) is 11.8 Å². The molecule has 0 aliphatic rings. The Kier molecular flexibility index (Phi) is 7.10. The van der Waals surface area contributed by atoms with Crippen LogP contribution in [0.5, 0.6) is 0 Å². The molecule has 2 N–H and O–H groups in total. The molecule has 0 bridgehead atoms. The van der Waals surface area contributed by atoms with Crippen LogP contribution in [-0.2, 0) is 4.79 Å². The highest BCUT2D eigenvalue weighted by Gasteiger charge is 2.13. The summed E-state index contributed by atoms with van der Waals surface area (Å²) in [6, 6.07) is 15.8. The van der Waals surface area contributed by atoms with Gasteiger partial charge in [0.05, 0.1) is 12.5 Å². The minimum absolute atomic E-state index is 0.0602. The molecule has 0 aliphatic heterocycles. The van der Waals surface area contributed by atoms with Crippen molar-refractivity contribution in [2.75, 3.05) is 12.3 Å². The number of hydrogen-bond donors (Lipinski definition) is 2. The Morgan fingerprint density at radius 2 is 1.96 bits per heavy atom. The van der Waals surface area contributed by atoms with E-state index >= 15 is 0 Å². The number of nitrogens with one attached hydrogen (secondary N) is 1. The summed E-state index contributed by atoms with van der Waals surface area (Å²) in [5, 5.41) is 12.7. The Morgan fingerprint density at radius 3 is 2.70 bits per heavy atom. The Bertz CT molecular complexity index is 621. The van der Waals surface area contributed by atoms with Gasteiger partial charge in [0.15, 0.2) is 0 Å². The van der Waals surface area contributed by atoms with Crippen LogP contribution in [0.2, 0.25) is 0 Å². The molecule has 23 heavy (non-hydrogen) atoms. The Labute approximate surface area is 139 Å². The summed E-state index contributed by atoms with van der Waals surface area (Å²) >= 11 is 1.74. The Balaban J connectivity index is 1.63. The third kappa shape index (κ3) is 6.42. The second-order valence-corrected chi connectivity index (χ2v) is 6.31. The molecule has 5 heteroatoms. The average Bonchev–Trinajstić information content (AvgIpc) is 2.55. The minimum Gasteiger partial charge on any atom is -0.388 e. The SMILES string of the molecule is O=C(CC(O)c1cccc(F)c1)NCCCSc1ccccc1. The van der Waals surface area contributed by atoms with Gasteiger partial charge in [0, 0.05) is 11.4 Å². The molecular weight excluding hydrogens is 313 g/mol. The van der Waals surface area contributed by atoms with Gasteiger partial charge in [-0.3, -0.25) is 4.79 Å². The predicted octanol–water partition coefficient (Wildman–Crippen LogP) is 3.55. The highest BCUT2D eigenvalue weighted by atomic mass is 32.2. The van der Waals surface area contributed by atoms with E-state index in [-0.39, 0.29) is 12.3 Å². The molecule has 0 spiro atoms. The molecule has 1 unspecified atom stereocenters. The second-order valence-electron chi connectivity index (χ2n) is 5.14. The number of amides is 1. The maximum atomic E-state index is 13.1. The molecule has 0 saturated carbocycles. The van der Waals surface area contributed by atoms with E-state index in [9.17, 15) is 14.3 Å². The zero-order valence-electron chi connectivity index (χ0n) is 12.7. The van der Waals surface area contributed by atoms with Crippen molar-refractivity contribution in [3.05, 3.63) is 66.0 Å². The maximum absolute atomic E-state index is 13.1. The van der Waals surface area contributed by atoms with E-state index in [1.165, 1.54) is 23.1 Å². The number of rotatable bonds is 8. The number of halogens is 1. The first-order chi connectivity index (χ1) is 11.1. The van der Waals surface area contributed by atoms with Gasteiger partial charge in [-0.25, -0.2) is 4.39 Å². The van der Waals surface area contributed by atoms with Gasteiger partial charge in [-0.2, -0.15) is 0 Å². The largest absolute Gasteiger partial charge is 0.388 e. The van der Waals surface area contributed by atoms with Crippen molar-refractivity contribution in [1.82, 2.24) is 5.32 Å². The second kappa shape index (κ2) is 9.33.